The molecule has 7 nitrogen and oxygen atoms in total. The number of aromatic hydroxyl groups is 2. The topological polar surface area (TPSA) is 121 Å². The average molecular weight is 344 g/mol. The minimum absolute atomic E-state index is 0.0197. The van der Waals surface area contributed by atoms with Gasteiger partial charge in [0.25, 0.3) is 0 Å². The Kier molecular flexibility index (Phi) is 5.38. The molecule has 0 aliphatic heterocycles. The number of phenols is 2. The van der Waals surface area contributed by atoms with Crippen molar-refractivity contribution in [3.05, 3.63) is 58.7 Å². The largest absolute Gasteiger partial charge is 0.508 e. The molecule has 0 spiro atoms. The number of phenolic OH excluding ortho intramolecular Hbond substituents is 2. The Labute approximate surface area is 143 Å². The number of benzene rings is 2. The summed E-state index contributed by atoms with van der Waals surface area (Å²) in [6.07, 6.45) is 0.0772. The lowest BCUT2D eigenvalue weighted by Gasteiger charge is -2.11. The maximum absolute atomic E-state index is 12.7. The summed E-state index contributed by atoms with van der Waals surface area (Å²) in [6.45, 7) is 0. The van der Waals surface area contributed by atoms with E-state index in [9.17, 15) is 29.7 Å². The smallest absolute Gasteiger partial charge is 0.336 e. The minimum Gasteiger partial charge on any atom is -0.508 e. The molecule has 0 atom stereocenters. The highest BCUT2D eigenvalue weighted by molar-refractivity contribution is 6.15. The normalized spacial score (nSPS) is 10.3. The van der Waals surface area contributed by atoms with E-state index in [1.54, 1.807) is 0 Å². The number of hydrogen-bond donors (Lipinski definition) is 3. The van der Waals surface area contributed by atoms with Crippen LogP contribution in [0.3, 0.4) is 0 Å². The Morgan fingerprint density at radius 3 is 2.20 bits per heavy atom. The van der Waals surface area contributed by atoms with Gasteiger partial charge < -0.3 is 20.1 Å². The van der Waals surface area contributed by atoms with Crippen LogP contribution in [-0.2, 0) is 16.0 Å². The van der Waals surface area contributed by atoms with Gasteiger partial charge in [-0.1, -0.05) is 18.2 Å². The van der Waals surface area contributed by atoms with E-state index in [2.05, 4.69) is 4.74 Å². The van der Waals surface area contributed by atoms with Crippen LogP contribution in [0, 0.1) is 0 Å². The fourth-order valence-electron chi connectivity index (χ4n) is 2.36. The lowest BCUT2D eigenvalue weighted by Crippen LogP contribution is -2.10. The van der Waals surface area contributed by atoms with E-state index >= 15 is 0 Å². The number of carbonyl (C=O) groups is 3. The summed E-state index contributed by atoms with van der Waals surface area (Å²) in [5, 5.41) is 29.1. The summed E-state index contributed by atoms with van der Waals surface area (Å²) in [5.74, 6) is -3.21. The first kappa shape index (κ1) is 18.0. The quantitative estimate of drug-likeness (QED) is 0.542. The first-order valence-electron chi connectivity index (χ1n) is 7.33. The molecule has 0 bridgehead atoms. The molecular weight excluding hydrogens is 328 g/mol. The van der Waals surface area contributed by atoms with Crippen molar-refractivity contribution >= 4 is 17.7 Å². The van der Waals surface area contributed by atoms with Crippen LogP contribution in [0.1, 0.15) is 38.3 Å². The van der Waals surface area contributed by atoms with Crippen LogP contribution in [0.25, 0.3) is 0 Å². The lowest BCUT2D eigenvalue weighted by molar-refractivity contribution is -0.140. The number of carbonyl (C=O) groups excluding carboxylic acids is 2. The van der Waals surface area contributed by atoms with Gasteiger partial charge in [-0.25, -0.2) is 4.79 Å². The second-order valence-electron chi connectivity index (χ2n) is 5.25. The summed E-state index contributed by atoms with van der Waals surface area (Å²) in [6, 6.07) is 7.85. The second-order valence-corrected chi connectivity index (χ2v) is 5.25. The number of ketones is 1. The van der Waals surface area contributed by atoms with Gasteiger partial charge in [0.05, 0.1) is 18.2 Å². The lowest BCUT2D eigenvalue weighted by atomic mass is 9.95. The predicted octanol–water partition coefficient (Wildman–Crippen LogP) is 2.13. The molecule has 0 saturated heterocycles. The summed E-state index contributed by atoms with van der Waals surface area (Å²) < 4.78 is 4.52. The van der Waals surface area contributed by atoms with Gasteiger partial charge in [0.2, 0.25) is 0 Å². The average Bonchev–Trinajstić information content (AvgIpc) is 2.60. The molecule has 3 N–H and O–H groups in total. The Morgan fingerprint density at radius 1 is 0.960 bits per heavy atom. The number of aromatic carboxylic acids is 1. The van der Waals surface area contributed by atoms with Crippen molar-refractivity contribution in [2.45, 2.75) is 12.8 Å². The van der Waals surface area contributed by atoms with Gasteiger partial charge in [-0.2, -0.15) is 0 Å². The number of esters is 1. The molecular formula is C18H16O7. The fraction of sp³-hybridized carbons (Fsp3) is 0.167. The molecule has 0 aromatic heterocycles. The molecule has 2 aromatic rings. The van der Waals surface area contributed by atoms with Gasteiger partial charge in [-0.05, 0) is 24.1 Å². The van der Waals surface area contributed by atoms with Gasteiger partial charge in [-0.15, -0.1) is 0 Å². The van der Waals surface area contributed by atoms with Crippen LogP contribution in [-0.4, -0.2) is 40.2 Å². The van der Waals surface area contributed by atoms with Crippen LogP contribution < -0.4 is 0 Å². The van der Waals surface area contributed by atoms with E-state index in [1.807, 2.05) is 0 Å². The van der Waals surface area contributed by atoms with Gasteiger partial charge in [0.1, 0.15) is 11.5 Å². The number of carboxylic acids is 1. The van der Waals surface area contributed by atoms with Crippen LogP contribution in [0.5, 0.6) is 11.5 Å². The highest BCUT2D eigenvalue weighted by Crippen LogP contribution is 2.30. The number of hydrogen-bond acceptors (Lipinski definition) is 6. The summed E-state index contributed by atoms with van der Waals surface area (Å²) >= 11 is 0. The maximum Gasteiger partial charge on any atom is 0.336 e. The standard InChI is InChI=1S/C18H16O7/c1-25-16(21)7-6-10-8-13(15(20)9-14(10)19)17(22)11-4-2-3-5-12(11)18(23)24/h2-5,8-9,19-20H,6-7H2,1H3,(H,23,24). The number of methoxy groups -OCH3 is 1. The molecule has 0 saturated carbocycles. The highest BCUT2D eigenvalue weighted by atomic mass is 16.5. The van der Waals surface area contributed by atoms with Gasteiger partial charge in [-0.3, -0.25) is 9.59 Å². The highest BCUT2D eigenvalue weighted by Gasteiger charge is 2.21. The Bertz CT molecular complexity index is 839. The van der Waals surface area contributed by atoms with Crippen LogP contribution in [0.4, 0.5) is 0 Å². The fourth-order valence-corrected chi connectivity index (χ4v) is 2.36. The zero-order valence-electron chi connectivity index (χ0n) is 13.4. The molecule has 25 heavy (non-hydrogen) atoms. The Balaban J connectivity index is 2.43. The van der Waals surface area contributed by atoms with Gasteiger partial charge in [0.15, 0.2) is 5.78 Å². The molecule has 130 valence electrons. The molecule has 0 heterocycles. The van der Waals surface area contributed by atoms with Crippen molar-refractivity contribution in [2.24, 2.45) is 0 Å². The third-order valence-corrected chi connectivity index (χ3v) is 3.67. The first-order valence-corrected chi connectivity index (χ1v) is 7.33. The number of aryl methyl sites for hydroxylation is 1. The molecule has 7 heteroatoms. The van der Waals surface area contributed by atoms with E-state index < -0.39 is 23.5 Å². The van der Waals surface area contributed by atoms with E-state index in [1.165, 1.54) is 37.4 Å². The first-order chi connectivity index (χ1) is 11.8. The van der Waals surface area contributed by atoms with E-state index in [4.69, 9.17) is 0 Å². The van der Waals surface area contributed by atoms with E-state index in [0.29, 0.717) is 0 Å². The van der Waals surface area contributed by atoms with Crippen molar-refractivity contribution < 1.29 is 34.4 Å². The molecule has 0 unspecified atom stereocenters. The molecule has 0 amide bonds. The van der Waals surface area contributed by atoms with Crippen molar-refractivity contribution in [1.29, 1.82) is 0 Å². The monoisotopic (exact) mass is 344 g/mol. The van der Waals surface area contributed by atoms with Crippen LogP contribution in [0.2, 0.25) is 0 Å². The molecule has 2 rings (SSSR count). The molecule has 0 radical (unpaired) electrons. The third-order valence-electron chi connectivity index (χ3n) is 3.67. The molecule has 0 aliphatic carbocycles. The number of carboxylic acid groups (broad SMARTS) is 1. The number of ether oxygens (including phenoxy) is 1. The Hall–Kier alpha value is -3.35. The van der Waals surface area contributed by atoms with Crippen molar-refractivity contribution in [1.82, 2.24) is 0 Å². The number of rotatable bonds is 6. The summed E-state index contributed by atoms with van der Waals surface area (Å²) in [7, 11) is 1.23. The second kappa shape index (κ2) is 7.48. The maximum atomic E-state index is 12.7. The molecule has 0 aliphatic rings. The van der Waals surface area contributed by atoms with Crippen molar-refractivity contribution in [3.63, 3.8) is 0 Å². The minimum atomic E-state index is -1.27. The summed E-state index contributed by atoms with van der Waals surface area (Å²) in [5.41, 5.74) is -0.184. The van der Waals surface area contributed by atoms with E-state index in [-0.39, 0.29) is 40.8 Å². The van der Waals surface area contributed by atoms with Crippen LogP contribution >= 0.6 is 0 Å². The zero-order chi connectivity index (χ0) is 18.6. The molecule has 2 aromatic carbocycles. The van der Waals surface area contributed by atoms with Crippen LogP contribution in [0.15, 0.2) is 36.4 Å². The molecule has 0 fully saturated rings. The zero-order valence-corrected chi connectivity index (χ0v) is 13.4. The van der Waals surface area contributed by atoms with Gasteiger partial charge in [0, 0.05) is 18.1 Å². The Morgan fingerprint density at radius 2 is 1.60 bits per heavy atom. The third kappa shape index (κ3) is 3.95. The predicted molar refractivity (Wildman–Crippen MR) is 86.9 cm³/mol. The van der Waals surface area contributed by atoms with E-state index in [0.717, 1.165) is 6.07 Å². The summed E-state index contributed by atoms with van der Waals surface area (Å²) in [4.78, 5) is 35.2. The van der Waals surface area contributed by atoms with Crippen molar-refractivity contribution in [3.8, 4) is 11.5 Å². The van der Waals surface area contributed by atoms with Gasteiger partial charge >= 0.3 is 11.9 Å². The SMILES string of the molecule is COC(=O)CCc1cc(C(=O)c2ccccc2C(=O)O)c(O)cc1O. The van der Waals surface area contributed by atoms with Crippen molar-refractivity contribution in [2.75, 3.05) is 7.11 Å².